The quantitative estimate of drug-likeness (QED) is 0.516. The maximum atomic E-state index is 12.3. The van der Waals surface area contributed by atoms with E-state index in [9.17, 15) is 4.79 Å². The van der Waals surface area contributed by atoms with Gasteiger partial charge in [0.05, 0.1) is 19.8 Å². The largest absolute Gasteiger partial charge is 0.490 e. The number of benzene rings is 2. The highest BCUT2D eigenvalue weighted by Crippen LogP contribution is 2.37. The molecule has 0 amide bonds. The number of rotatable bonds is 8. The Bertz CT molecular complexity index is 1110. The Morgan fingerprint density at radius 1 is 1.31 bits per heavy atom. The molecule has 4 rings (SSSR count). The summed E-state index contributed by atoms with van der Waals surface area (Å²) < 4.78 is 16.2. The van der Waals surface area contributed by atoms with Gasteiger partial charge in [-0.3, -0.25) is 0 Å². The van der Waals surface area contributed by atoms with Crippen LogP contribution in [0.4, 0.5) is 0 Å². The normalized spacial score (nSPS) is 15.1. The summed E-state index contributed by atoms with van der Waals surface area (Å²) in [5.41, 5.74) is 4.22. The van der Waals surface area contributed by atoms with Crippen LogP contribution in [0.3, 0.4) is 0 Å². The molecule has 32 heavy (non-hydrogen) atoms. The second-order valence-corrected chi connectivity index (χ2v) is 7.93. The number of aliphatic hydroxyl groups is 1. The fourth-order valence-corrected chi connectivity index (χ4v) is 4.05. The second kappa shape index (κ2) is 9.50. The molecule has 8 heteroatoms. The zero-order chi connectivity index (χ0) is 22.7. The number of carbonyl (C=O) groups is 1. The first kappa shape index (κ1) is 22.0. The molecule has 1 aromatic heterocycles. The molecule has 1 aliphatic carbocycles. The number of aromatic nitrogens is 2. The van der Waals surface area contributed by atoms with Crippen molar-refractivity contribution in [2.24, 2.45) is 0 Å². The zero-order valence-electron chi connectivity index (χ0n) is 18.4. The summed E-state index contributed by atoms with van der Waals surface area (Å²) >= 11 is 0. The fraction of sp³-hybridized carbons (Fsp3) is 0.375. The van der Waals surface area contributed by atoms with Gasteiger partial charge in [0.2, 0.25) is 5.82 Å². The highest BCUT2D eigenvalue weighted by Gasteiger charge is 2.26. The summed E-state index contributed by atoms with van der Waals surface area (Å²) in [6.45, 7) is 4.44. The second-order valence-electron chi connectivity index (χ2n) is 7.93. The highest BCUT2D eigenvalue weighted by molar-refractivity contribution is 5.93. The summed E-state index contributed by atoms with van der Waals surface area (Å²) in [4.78, 5) is 16.9. The number of carbonyl (C=O) groups excluding carboxylic acids is 1. The molecule has 0 saturated carbocycles. The van der Waals surface area contributed by atoms with E-state index in [0.29, 0.717) is 35.1 Å². The minimum absolute atomic E-state index is 0.0878. The summed E-state index contributed by atoms with van der Waals surface area (Å²) in [5, 5.41) is 16.7. The number of nitrogens with one attached hydrogen (secondary N) is 1. The lowest BCUT2D eigenvalue weighted by Crippen LogP contribution is -2.22. The minimum atomic E-state index is -0.496. The van der Waals surface area contributed by atoms with Crippen molar-refractivity contribution in [3.63, 3.8) is 0 Å². The van der Waals surface area contributed by atoms with Gasteiger partial charge in [0.15, 0.2) is 0 Å². The predicted molar refractivity (Wildman–Crippen MR) is 118 cm³/mol. The lowest BCUT2D eigenvalue weighted by molar-refractivity contribution is 0.0594. The van der Waals surface area contributed by atoms with Gasteiger partial charge < -0.3 is 24.4 Å². The van der Waals surface area contributed by atoms with E-state index in [4.69, 9.17) is 19.1 Å². The number of ether oxygens (including phenoxy) is 2. The number of methoxy groups -OCH3 is 1. The Kier molecular flexibility index (Phi) is 6.53. The molecule has 0 bridgehead atoms. The van der Waals surface area contributed by atoms with Crippen LogP contribution in [0.25, 0.3) is 22.8 Å². The zero-order valence-corrected chi connectivity index (χ0v) is 18.4. The molecule has 2 N–H and O–H groups in total. The number of fused-ring (bicyclic) bond motifs is 1. The standard InChI is InChI=1S/C24H27N3O5/c1-14(2)31-21-10-7-15(13-19(21)24(29)30-3)23-26-22(27-32-23)18-6-4-5-17-16(18)8-9-20(17)25-11-12-28/h4-7,10,13-14,20,25,28H,8-9,11-12H2,1-3H3/t20-/m0/s1. The number of hydrogen-bond donors (Lipinski definition) is 2. The van der Waals surface area contributed by atoms with Gasteiger partial charge in [-0.25, -0.2) is 4.79 Å². The van der Waals surface area contributed by atoms with Crippen molar-refractivity contribution in [3.05, 3.63) is 53.1 Å². The third-order valence-corrected chi connectivity index (χ3v) is 5.43. The van der Waals surface area contributed by atoms with Crippen LogP contribution in [0.15, 0.2) is 40.9 Å². The minimum Gasteiger partial charge on any atom is -0.490 e. The molecule has 2 aromatic carbocycles. The van der Waals surface area contributed by atoms with Gasteiger partial charge in [-0.2, -0.15) is 4.98 Å². The SMILES string of the molecule is COC(=O)c1cc(-c2nc(-c3cccc4c3CC[C@@H]4NCCO)no2)ccc1OC(C)C. The van der Waals surface area contributed by atoms with Crippen LogP contribution in [0, 0.1) is 0 Å². The van der Waals surface area contributed by atoms with Crippen LogP contribution in [0.5, 0.6) is 5.75 Å². The van der Waals surface area contributed by atoms with Crippen LogP contribution in [0.2, 0.25) is 0 Å². The molecular weight excluding hydrogens is 410 g/mol. The van der Waals surface area contributed by atoms with Crippen LogP contribution in [-0.2, 0) is 11.2 Å². The molecule has 1 heterocycles. The van der Waals surface area contributed by atoms with Crippen molar-refractivity contribution in [3.8, 4) is 28.6 Å². The Morgan fingerprint density at radius 2 is 2.16 bits per heavy atom. The van der Waals surface area contributed by atoms with Crippen molar-refractivity contribution < 1.29 is 23.9 Å². The molecule has 168 valence electrons. The van der Waals surface area contributed by atoms with Crippen LogP contribution in [-0.4, -0.2) is 47.6 Å². The van der Waals surface area contributed by atoms with Crippen LogP contribution < -0.4 is 10.1 Å². The van der Waals surface area contributed by atoms with Crippen molar-refractivity contribution in [2.75, 3.05) is 20.3 Å². The Labute approximate surface area is 186 Å². The maximum Gasteiger partial charge on any atom is 0.341 e. The summed E-state index contributed by atoms with van der Waals surface area (Å²) in [5.74, 6) is 0.760. The lowest BCUT2D eigenvalue weighted by atomic mass is 10.0. The smallest absolute Gasteiger partial charge is 0.341 e. The number of hydrogen-bond acceptors (Lipinski definition) is 8. The lowest BCUT2D eigenvalue weighted by Gasteiger charge is -2.13. The highest BCUT2D eigenvalue weighted by atomic mass is 16.5. The molecule has 0 radical (unpaired) electrons. The Balaban J connectivity index is 1.66. The first-order chi connectivity index (χ1) is 15.5. The molecule has 0 spiro atoms. The molecular formula is C24H27N3O5. The average molecular weight is 437 g/mol. The van der Waals surface area contributed by atoms with E-state index in [-0.39, 0.29) is 18.8 Å². The topological polar surface area (TPSA) is 107 Å². The van der Waals surface area contributed by atoms with Gasteiger partial charge >= 0.3 is 5.97 Å². The summed E-state index contributed by atoms with van der Waals surface area (Å²) in [6, 6.07) is 11.4. The molecule has 0 saturated heterocycles. The Hall–Kier alpha value is -3.23. The van der Waals surface area contributed by atoms with E-state index < -0.39 is 5.97 Å². The van der Waals surface area contributed by atoms with Crippen molar-refractivity contribution >= 4 is 5.97 Å². The number of aliphatic hydroxyl groups excluding tert-OH is 1. The summed E-state index contributed by atoms with van der Waals surface area (Å²) in [7, 11) is 1.33. The molecule has 0 aliphatic heterocycles. The third kappa shape index (κ3) is 4.37. The van der Waals surface area contributed by atoms with Gasteiger partial charge in [0.25, 0.3) is 5.89 Å². The third-order valence-electron chi connectivity index (χ3n) is 5.43. The van der Waals surface area contributed by atoms with E-state index in [0.717, 1.165) is 18.4 Å². The Morgan fingerprint density at radius 3 is 2.91 bits per heavy atom. The maximum absolute atomic E-state index is 12.3. The molecule has 8 nitrogen and oxygen atoms in total. The van der Waals surface area contributed by atoms with Gasteiger partial charge in [0.1, 0.15) is 11.3 Å². The van der Waals surface area contributed by atoms with E-state index in [2.05, 4.69) is 21.5 Å². The van der Waals surface area contributed by atoms with Gasteiger partial charge in [-0.05, 0) is 56.0 Å². The summed E-state index contributed by atoms with van der Waals surface area (Å²) in [6.07, 6.45) is 1.76. The van der Waals surface area contributed by atoms with Crippen molar-refractivity contribution in [1.82, 2.24) is 15.5 Å². The van der Waals surface area contributed by atoms with Crippen molar-refractivity contribution in [1.29, 1.82) is 0 Å². The predicted octanol–water partition coefficient (Wildman–Crippen LogP) is 3.55. The molecule has 1 atom stereocenters. The van der Waals surface area contributed by atoms with Crippen molar-refractivity contribution in [2.45, 2.75) is 38.8 Å². The number of esters is 1. The van der Waals surface area contributed by atoms with E-state index in [1.165, 1.54) is 18.2 Å². The van der Waals surface area contributed by atoms with Crippen LogP contribution >= 0.6 is 0 Å². The first-order valence-corrected chi connectivity index (χ1v) is 10.7. The monoisotopic (exact) mass is 437 g/mol. The fourth-order valence-electron chi connectivity index (χ4n) is 4.05. The molecule has 1 aliphatic rings. The van der Waals surface area contributed by atoms with E-state index >= 15 is 0 Å². The number of nitrogens with zero attached hydrogens (tertiary/aromatic N) is 2. The van der Waals surface area contributed by atoms with Gasteiger partial charge in [-0.1, -0.05) is 23.4 Å². The van der Waals surface area contributed by atoms with E-state index in [1.54, 1.807) is 18.2 Å². The molecule has 0 unspecified atom stereocenters. The first-order valence-electron chi connectivity index (χ1n) is 10.7. The van der Waals surface area contributed by atoms with Gasteiger partial charge in [-0.15, -0.1) is 0 Å². The molecule has 0 fully saturated rings. The molecule has 3 aromatic rings. The average Bonchev–Trinajstić information content (AvgIpc) is 3.44. The van der Waals surface area contributed by atoms with Gasteiger partial charge in [0, 0.05) is 23.7 Å². The van der Waals surface area contributed by atoms with E-state index in [1.807, 2.05) is 26.0 Å². The van der Waals surface area contributed by atoms with Crippen LogP contribution in [0.1, 0.15) is 47.8 Å².